The molecule has 0 bridgehead atoms. The summed E-state index contributed by atoms with van der Waals surface area (Å²) in [6, 6.07) is 6.68. The smallest absolute Gasteiger partial charge is 0.296 e. The first kappa shape index (κ1) is 18.8. The summed E-state index contributed by atoms with van der Waals surface area (Å²) in [7, 11) is -3.62. The third-order valence-electron chi connectivity index (χ3n) is 3.51. The van der Waals surface area contributed by atoms with Gasteiger partial charge < -0.3 is 4.79 Å². The number of hydrogen-bond acceptors (Lipinski definition) is 4. The topological polar surface area (TPSA) is 60.4 Å². The van der Waals surface area contributed by atoms with Gasteiger partial charge in [-0.25, -0.2) is 0 Å². The van der Waals surface area contributed by atoms with E-state index in [2.05, 4.69) is 0 Å². The zero-order chi connectivity index (χ0) is 16.3. The van der Waals surface area contributed by atoms with Crippen molar-refractivity contribution in [2.45, 2.75) is 63.2 Å². The molecular formula is C17H26O4S. The minimum atomic E-state index is -3.62. The van der Waals surface area contributed by atoms with Crippen LogP contribution in [0.5, 0.6) is 0 Å². The second kappa shape index (κ2) is 10.5. The Kier molecular flexibility index (Phi) is 9.01. The second-order valence-electron chi connectivity index (χ2n) is 5.52. The molecule has 0 amide bonds. The van der Waals surface area contributed by atoms with Crippen molar-refractivity contribution in [2.24, 2.45) is 0 Å². The molecule has 0 spiro atoms. The summed E-state index contributed by atoms with van der Waals surface area (Å²) in [5.74, 6) is 0. The molecule has 1 rings (SSSR count). The molecule has 0 N–H and O–H groups in total. The molecule has 124 valence electrons. The first-order chi connectivity index (χ1) is 10.6. The summed E-state index contributed by atoms with van der Waals surface area (Å²) >= 11 is 0. The number of hydrogen-bond donors (Lipinski definition) is 0. The number of unbranched alkanes of at least 4 members (excludes halogenated alkanes) is 7. The molecule has 0 unspecified atom stereocenters. The SMILES string of the molecule is Cc1ccc(S(=O)(=O)OCCCCCCCCCC=O)cc1. The van der Waals surface area contributed by atoms with E-state index >= 15 is 0 Å². The molecule has 0 atom stereocenters. The van der Waals surface area contributed by atoms with Gasteiger partial charge in [-0.2, -0.15) is 8.42 Å². The lowest BCUT2D eigenvalue weighted by Gasteiger charge is -2.06. The highest BCUT2D eigenvalue weighted by Crippen LogP contribution is 2.14. The number of benzene rings is 1. The molecule has 0 aromatic heterocycles. The van der Waals surface area contributed by atoms with Crippen LogP contribution in [-0.4, -0.2) is 21.3 Å². The van der Waals surface area contributed by atoms with E-state index in [-0.39, 0.29) is 11.5 Å². The summed E-state index contributed by atoms with van der Waals surface area (Å²) in [4.78, 5) is 10.4. The van der Waals surface area contributed by atoms with E-state index < -0.39 is 10.1 Å². The Balaban J connectivity index is 2.11. The standard InChI is InChI=1S/C17H26O4S/c1-16-10-12-17(13-11-16)22(19,20)21-15-9-7-5-3-2-4-6-8-14-18/h10-14H,2-9,15H2,1H3. The maximum Gasteiger partial charge on any atom is 0.296 e. The molecule has 0 aliphatic carbocycles. The van der Waals surface area contributed by atoms with Crippen LogP contribution in [0.4, 0.5) is 0 Å². The largest absolute Gasteiger partial charge is 0.303 e. The zero-order valence-corrected chi connectivity index (χ0v) is 14.1. The van der Waals surface area contributed by atoms with Crippen molar-refractivity contribution in [1.29, 1.82) is 0 Å². The molecule has 0 heterocycles. The van der Waals surface area contributed by atoms with Gasteiger partial charge in [0, 0.05) is 6.42 Å². The van der Waals surface area contributed by atoms with Crippen LogP contribution in [0, 0.1) is 6.92 Å². The van der Waals surface area contributed by atoms with Crippen LogP contribution in [0.2, 0.25) is 0 Å². The summed E-state index contributed by atoms with van der Waals surface area (Å²) in [6.07, 6.45) is 8.75. The van der Waals surface area contributed by atoms with E-state index in [4.69, 9.17) is 4.18 Å². The fraction of sp³-hybridized carbons (Fsp3) is 0.588. The summed E-state index contributed by atoms with van der Waals surface area (Å²) in [5.41, 5.74) is 1.02. The van der Waals surface area contributed by atoms with E-state index in [9.17, 15) is 13.2 Å². The van der Waals surface area contributed by atoms with Crippen LogP contribution in [0.1, 0.15) is 56.9 Å². The van der Waals surface area contributed by atoms with Crippen molar-refractivity contribution >= 4 is 16.4 Å². The van der Waals surface area contributed by atoms with Gasteiger partial charge in [0.15, 0.2) is 0 Å². The summed E-state index contributed by atoms with van der Waals surface area (Å²) in [5, 5.41) is 0. The Morgan fingerprint density at radius 2 is 1.45 bits per heavy atom. The molecule has 0 radical (unpaired) electrons. The quantitative estimate of drug-likeness (QED) is 0.331. The van der Waals surface area contributed by atoms with Gasteiger partial charge in [-0.3, -0.25) is 4.18 Å². The van der Waals surface area contributed by atoms with Gasteiger partial charge in [0.1, 0.15) is 6.29 Å². The number of aldehydes is 1. The molecule has 1 aromatic rings. The second-order valence-corrected chi connectivity index (χ2v) is 7.13. The number of aryl methyl sites for hydroxylation is 1. The third-order valence-corrected chi connectivity index (χ3v) is 4.84. The van der Waals surface area contributed by atoms with E-state index in [1.807, 2.05) is 6.92 Å². The van der Waals surface area contributed by atoms with Crippen LogP contribution in [-0.2, 0) is 19.1 Å². The predicted octanol–water partition coefficient (Wildman–Crippen LogP) is 4.02. The van der Waals surface area contributed by atoms with E-state index in [0.717, 1.165) is 56.8 Å². The molecule has 5 heteroatoms. The fourth-order valence-electron chi connectivity index (χ4n) is 2.16. The Hall–Kier alpha value is -1.20. The Morgan fingerprint density at radius 3 is 2.05 bits per heavy atom. The van der Waals surface area contributed by atoms with E-state index in [0.29, 0.717) is 6.42 Å². The highest BCUT2D eigenvalue weighted by Gasteiger charge is 2.14. The first-order valence-electron chi connectivity index (χ1n) is 7.96. The molecule has 0 aliphatic rings. The number of carbonyl (C=O) groups is 1. The van der Waals surface area contributed by atoms with Gasteiger partial charge in [-0.15, -0.1) is 0 Å². The van der Waals surface area contributed by atoms with Crippen molar-refractivity contribution < 1.29 is 17.4 Å². The normalized spacial score (nSPS) is 11.5. The van der Waals surface area contributed by atoms with Crippen LogP contribution in [0.3, 0.4) is 0 Å². The lowest BCUT2D eigenvalue weighted by Crippen LogP contribution is -2.07. The zero-order valence-electron chi connectivity index (χ0n) is 13.3. The maximum absolute atomic E-state index is 11.9. The molecule has 0 fully saturated rings. The van der Waals surface area contributed by atoms with E-state index in [1.54, 1.807) is 24.3 Å². The first-order valence-corrected chi connectivity index (χ1v) is 9.37. The van der Waals surface area contributed by atoms with Crippen molar-refractivity contribution in [1.82, 2.24) is 0 Å². The predicted molar refractivity (Wildman–Crippen MR) is 87.3 cm³/mol. The highest BCUT2D eigenvalue weighted by molar-refractivity contribution is 7.86. The Morgan fingerprint density at radius 1 is 0.909 bits per heavy atom. The van der Waals surface area contributed by atoms with Gasteiger partial charge >= 0.3 is 0 Å². The highest BCUT2D eigenvalue weighted by atomic mass is 32.2. The van der Waals surface area contributed by atoms with E-state index in [1.165, 1.54) is 0 Å². The molecular weight excluding hydrogens is 300 g/mol. The van der Waals surface area contributed by atoms with Gasteiger partial charge in [0.05, 0.1) is 11.5 Å². The van der Waals surface area contributed by atoms with Crippen LogP contribution >= 0.6 is 0 Å². The average Bonchev–Trinajstić information content (AvgIpc) is 2.49. The fourth-order valence-corrected chi connectivity index (χ4v) is 3.10. The van der Waals surface area contributed by atoms with Gasteiger partial charge in [0.2, 0.25) is 0 Å². The molecule has 4 nitrogen and oxygen atoms in total. The molecule has 1 aromatic carbocycles. The minimum Gasteiger partial charge on any atom is -0.303 e. The van der Waals surface area contributed by atoms with Crippen molar-refractivity contribution in [3.63, 3.8) is 0 Å². The van der Waals surface area contributed by atoms with Gasteiger partial charge in [-0.05, 0) is 31.9 Å². The van der Waals surface area contributed by atoms with Crippen LogP contribution < -0.4 is 0 Å². The lowest BCUT2D eigenvalue weighted by atomic mass is 10.1. The monoisotopic (exact) mass is 326 g/mol. The van der Waals surface area contributed by atoms with Crippen molar-refractivity contribution in [3.8, 4) is 0 Å². The molecule has 0 saturated carbocycles. The van der Waals surface area contributed by atoms with Crippen LogP contribution in [0.15, 0.2) is 29.2 Å². The van der Waals surface area contributed by atoms with Crippen molar-refractivity contribution in [3.05, 3.63) is 29.8 Å². The Bertz CT molecular complexity index is 520. The number of carbonyl (C=O) groups excluding carboxylic acids is 1. The Labute approximate surface area is 134 Å². The van der Waals surface area contributed by atoms with Crippen LogP contribution in [0.25, 0.3) is 0 Å². The van der Waals surface area contributed by atoms with Crippen molar-refractivity contribution in [2.75, 3.05) is 6.61 Å². The summed E-state index contributed by atoms with van der Waals surface area (Å²) < 4.78 is 28.9. The lowest BCUT2D eigenvalue weighted by molar-refractivity contribution is -0.107. The third kappa shape index (κ3) is 7.71. The molecule has 0 aliphatic heterocycles. The van der Waals surface area contributed by atoms with Gasteiger partial charge in [0.25, 0.3) is 10.1 Å². The molecule has 0 saturated heterocycles. The van der Waals surface area contributed by atoms with Gasteiger partial charge in [-0.1, -0.05) is 49.8 Å². The summed E-state index contributed by atoms with van der Waals surface area (Å²) in [6.45, 7) is 2.15. The maximum atomic E-state index is 11.9. The average molecular weight is 326 g/mol. The minimum absolute atomic E-state index is 0.216. The molecule has 22 heavy (non-hydrogen) atoms. The number of rotatable bonds is 12.